The van der Waals surface area contributed by atoms with Gasteiger partial charge < -0.3 is 10.6 Å². The number of hydrogen-bond acceptors (Lipinski definition) is 4. The highest BCUT2D eigenvalue weighted by molar-refractivity contribution is 7.89. The first kappa shape index (κ1) is 16.3. The molecular formula is C13H18FN3O2S2. The minimum atomic E-state index is -3.79. The van der Waals surface area contributed by atoms with Crippen molar-refractivity contribution in [2.45, 2.75) is 11.8 Å². The third-order valence-corrected chi connectivity index (χ3v) is 5.76. The van der Waals surface area contributed by atoms with E-state index >= 15 is 0 Å². The van der Waals surface area contributed by atoms with Gasteiger partial charge in [0.15, 0.2) is 0 Å². The maximum absolute atomic E-state index is 13.9. The minimum Gasteiger partial charge on any atom is -0.389 e. The average Bonchev–Trinajstić information content (AvgIpc) is 2.46. The third kappa shape index (κ3) is 3.23. The van der Waals surface area contributed by atoms with Crippen molar-refractivity contribution in [3.63, 3.8) is 0 Å². The van der Waals surface area contributed by atoms with Crippen molar-refractivity contribution in [1.82, 2.24) is 9.21 Å². The lowest BCUT2D eigenvalue weighted by Gasteiger charge is -2.33. The van der Waals surface area contributed by atoms with Gasteiger partial charge in [0, 0.05) is 26.2 Å². The fraction of sp³-hybridized carbons (Fsp3) is 0.462. The third-order valence-electron chi connectivity index (χ3n) is 3.62. The Balaban J connectivity index is 2.37. The van der Waals surface area contributed by atoms with E-state index in [2.05, 4.69) is 4.90 Å². The molecule has 8 heteroatoms. The van der Waals surface area contributed by atoms with Gasteiger partial charge in [0.1, 0.15) is 10.8 Å². The second kappa shape index (κ2) is 6.35. The summed E-state index contributed by atoms with van der Waals surface area (Å²) in [6.07, 6.45) is 0. The molecule has 0 aliphatic carbocycles. The molecular weight excluding hydrogens is 313 g/mol. The zero-order valence-corrected chi connectivity index (χ0v) is 13.4. The van der Waals surface area contributed by atoms with Crippen molar-refractivity contribution in [3.8, 4) is 0 Å². The highest BCUT2D eigenvalue weighted by atomic mass is 32.2. The van der Waals surface area contributed by atoms with Crippen LogP contribution in [0.25, 0.3) is 0 Å². The fourth-order valence-corrected chi connectivity index (χ4v) is 4.29. The highest BCUT2D eigenvalue weighted by Gasteiger charge is 2.31. The van der Waals surface area contributed by atoms with Crippen LogP contribution in [0.2, 0.25) is 0 Å². The first-order valence-electron chi connectivity index (χ1n) is 6.68. The average molecular weight is 331 g/mol. The first-order chi connectivity index (χ1) is 9.87. The van der Waals surface area contributed by atoms with Gasteiger partial charge >= 0.3 is 0 Å². The van der Waals surface area contributed by atoms with E-state index in [0.717, 1.165) is 12.6 Å². The van der Waals surface area contributed by atoms with Crippen LogP contribution >= 0.6 is 12.2 Å². The molecule has 5 nitrogen and oxygen atoms in total. The number of halogens is 1. The molecule has 0 bridgehead atoms. The van der Waals surface area contributed by atoms with Gasteiger partial charge in [-0.1, -0.05) is 25.2 Å². The van der Waals surface area contributed by atoms with Gasteiger partial charge in [-0.15, -0.1) is 0 Å². The Morgan fingerprint density at radius 2 is 1.95 bits per heavy atom. The molecule has 0 atom stereocenters. The SMILES string of the molecule is CCN1CCN(S(=O)(=O)c2cccc(F)c2C(N)=S)CC1. The molecule has 1 heterocycles. The van der Waals surface area contributed by atoms with E-state index in [1.165, 1.54) is 16.4 Å². The van der Waals surface area contributed by atoms with E-state index < -0.39 is 15.8 Å². The van der Waals surface area contributed by atoms with Gasteiger partial charge in [-0.2, -0.15) is 4.31 Å². The predicted molar refractivity (Wildman–Crippen MR) is 83.2 cm³/mol. The molecule has 116 valence electrons. The van der Waals surface area contributed by atoms with Crippen molar-refractivity contribution in [2.75, 3.05) is 32.7 Å². The summed E-state index contributed by atoms with van der Waals surface area (Å²) in [4.78, 5) is 1.75. The Labute approximate surface area is 129 Å². The summed E-state index contributed by atoms with van der Waals surface area (Å²) < 4.78 is 40.6. The van der Waals surface area contributed by atoms with Crippen molar-refractivity contribution < 1.29 is 12.8 Å². The Kier molecular flexibility index (Phi) is 4.92. The van der Waals surface area contributed by atoms with Gasteiger partial charge in [-0.05, 0) is 18.7 Å². The normalized spacial score (nSPS) is 17.8. The van der Waals surface area contributed by atoms with Crippen LogP contribution in [-0.4, -0.2) is 55.3 Å². The number of piperazine rings is 1. The molecule has 0 amide bonds. The van der Waals surface area contributed by atoms with Gasteiger partial charge in [-0.25, -0.2) is 12.8 Å². The van der Waals surface area contributed by atoms with Crippen molar-refractivity contribution in [1.29, 1.82) is 0 Å². The molecule has 1 aromatic rings. The van der Waals surface area contributed by atoms with Gasteiger partial charge in [0.2, 0.25) is 10.0 Å². The second-order valence-corrected chi connectivity index (χ2v) is 7.16. The molecule has 1 fully saturated rings. The Morgan fingerprint density at radius 1 is 1.33 bits per heavy atom. The van der Waals surface area contributed by atoms with Crippen molar-refractivity contribution >= 4 is 27.2 Å². The van der Waals surface area contributed by atoms with E-state index in [0.29, 0.717) is 26.2 Å². The summed E-state index contributed by atoms with van der Waals surface area (Å²) in [6.45, 7) is 4.99. The van der Waals surface area contributed by atoms with Crippen molar-refractivity contribution in [2.24, 2.45) is 5.73 Å². The largest absolute Gasteiger partial charge is 0.389 e. The minimum absolute atomic E-state index is 0.153. The quantitative estimate of drug-likeness (QED) is 0.826. The zero-order chi connectivity index (χ0) is 15.6. The van der Waals surface area contributed by atoms with E-state index in [1.54, 1.807) is 0 Å². The molecule has 2 N–H and O–H groups in total. The molecule has 0 aromatic heterocycles. The maximum Gasteiger partial charge on any atom is 0.243 e. The number of sulfonamides is 1. The standard InChI is InChI=1S/C13H18FN3O2S2/c1-2-16-6-8-17(9-7-16)21(18,19)11-5-3-4-10(14)12(11)13(15)20/h3-5H,2,6-9H2,1H3,(H2,15,20). The molecule has 1 saturated heterocycles. The lowest BCUT2D eigenvalue weighted by molar-refractivity contribution is 0.196. The monoisotopic (exact) mass is 331 g/mol. The predicted octanol–water partition coefficient (Wildman–Crippen LogP) is 0.786. The first-order valence-corrected chi connectivity index (χ1v) is 8.53. The van der Waals surface area contributed by atoms with Crippen LogP contribution in [-0.2, 0) is 10.0 Å². The topological polar surface area (TPSA) is 66.6 Å². The van der Waals surface area contributed by atoms with Gasteiger partial charge in [0.05, 0.1) is 10.5 Å². The smallest absolute Gasteiger partial charge is 0.243 e. The molecule has 1 aromatic carbocycles. The highest BCUT2D eigenvalue weighted by Crippen LogP contribution is 2.23. The molecule has 0 spiro atoms. The van der Waals surface area contributed by atoms with Gasteiger partial charge in [0.25, 0.3) is 0 Å². The second-order valence-electron chi connectivity index (χ2n) is 4.82. The van der Waals surface area contributed by atoms with Crippen LogP contribution in [0.1, 0.15) is 12.5 Å². The summed E-state index contributed by atoms with van der Waals surface area (Å²) in [6, 6.07) is 3.86. The summed E-state index contributed by atoms with van der Waals surface area (Å²) >= 11 is 4.79. The molecule has 2 rings (SSSR count). The number of nitrogens with zero attached hydrogens (tertiary/aromatic N) is 2. The van der Waals surface area contributed by atoms with E-state index in [-0.39, 0.29) is 15.4 Å². The molecule has 1 aliphatic heterocycles. The summed E-state index contributed by atoms with van der Waals surface area (Å²) in [7, 11) is -3.79. The molecule has 0 saturated carbocycles. The fourth-order valence-electron chi connectivity index (χ4n) is 2.38. The van der Waals surface area contributed by atoms with E-state index in [1.807, 2.05) is 6.92 Å². The van der Waals surface area contributed by atoms with Crippen LogP contribution in [0, 0.1) is 5.82 Å². The van der Waals surface area contributed by atoms with Crippen molar-refractivity contribution in [3.05, 3.63) is 29.6 Å². The maximum atomic E-state index is 13.9. The van der Waals surface area contributed by atoms with E-state index in [4.69, 9.17) is 18.0 Å². The molecule has 0 unspecified atom stereocenters. The van der Waals surface area contributed by atoms with Crippen LogP contribution in [0.15, 0.2) is 23.1 Å². The number of hydrogen-bond donors (Lipinski definition) is 1. The van der Waals surface area contributed by atoms with Gasteiger partial charge in [-0.3, -0.25) is 0 Å². The molecule has 0 radical (unpaired) electrons. The number of likely N-dealkylation sites (N-methyl/N-ethyl adjacent to an activating group) is 1. The number of nitrogens with two attached hydrogens (primary N) is 1. The summed E-state index contributed by atoms with van der Waals surface area (Å²) in [5, 5.41) is 0. The lowest BCUT2D eigenvalue weighted by atomic mass is 10.2. The number of thiocarbonyl (C=S) groups is 1. The summed E-state index contributed by atoms with van der Waals surface area (Å²) in [5.74, 6) is -0.712. The van der Waals surface area contributed by atoms with Crippen LogP contribution in [0.3, 0.4) is 0 Å². The molecule has 1 aliphatic rings. The van der Waals surface area contributed by atoms with Crippen LogP contribution in [0.5, 0.6) is 0 Å². The van der Waals surface area contributed by atoms with E-state index in [9.17, 15) is 12.8 Å². The summed E-state index contributed by atoms with van der Waals surface area (Å²) in [5.41, 5.74) is 5.28. The zero-order valence-electron chi connectivity index (χ0n) is 11.8. The lowest BCUT2D eigenvalue weighted by Crippen LogP contribution is -2.48. The Bertz CT molecular complexity index is 641. The Hall–Kier alpha value is -1.09. The van der Waals surface area contributed by atoms with Crippen LogP contribution < -0.4 is 5.73 Å². The number of benzene rings is 1. The van der Waals surface area contributed by atoms with Crippen LogP contribution in [0.4, 0.5) is 4.39 Å². The Morgan fingerprint density at radius 3 is 2.48 bits per heavy atom. The molecule has 21 heavy (non-hydrogen) atoms. The number of rotatable bonds is 4.